The van der Waals surface area contributed by atoms with Crippen LogP contribution < -0.4 is 15.0 Å². The molecule has 0 fully saturated rings. The third kappa shape index (κ3) is 4.21. The number of ketones is 1. The van der Waals surface area contributed by atoms with E-state index in [-0.39, 0.29) is 42.1 Å². The maximum atomic E-state index is 13.8. The number of rotatable bonds is 9. The molecule has 38 heavy (non-hydrogen) atoms. The van der Waals surface area contributed by atoms with Crippen molar-refractivity contribution in [3.8, 4) is 22.8 Å². The summed E-state index contributed by atoms with van der Waals surface area (Å²) in [6.45, 7) is 0.537. The van der Waals surface area contributed by atoms with Gasteiger partial charge in [0.1, 0.15) is 6.61 Å². The third-order valence-corrected chi connectivity index (χ3v) is 6.44. The fourth-order valence-electron chi connectivity index (χ4n) is 4.70. The van der Waals surface area contributed by atoms with Crippen molar-refractivity contribution >= 4 is 22.2 Å². The zero-order valence-electron chi connectivity index (χ0n) is 20.3. The molecule has 0 amide bonds. The Balaban J connectivity index is 1.68. The number of fused-ring (bicyclic) bond motifs is 5. The first-order valence-corrected chi connectivity index (χ1v) is 11.7. The van der Waals surface area contributed by atoms with Crippen molar-refractivity contribution in [2.45, 2.75) is 19.6 Å². The second kappa shape index (κ2) is 10.1. The number of pyridine rings is 1. The van der Waals surface area contributed by atoms with Crippen molar-refractivity contribution in [3.05, 3.63) is 108 Å². The Kier molecular flexibility index (Phi) is 6.51. The molecule has 0 radical (unpaired) electrons. The lowest BCUT2D eigenvalue weighted by atomic mass is 10.0. The lowest BCUT2D eigenvalue weighted by molar-refractivity contribution is -0.384. The molecule has 0 saturated heterocycles. The summed E-state index contributed by atoms with van der Waals surface area (Å²) in [6, 6.07) is 16.7. The second-order valence-corrected chi connectivity index (χ2v) is 8.63. The van der Waals surface area contributed by atoms with Gasteiger partial charge in [0, 0.05) is 46.6 Å². The van der Waals surface area contributed by atoms with Crippen LogP contribution in [0.4, 0.5) is 5.69 Å². The lowest BCUT2D eigenvalue weighted by Gasteiger charge is -2.16. The normalized spacial score (nSPS) is 11.6. The summed E-state index contributed by atoms with van der Waals surface area (Å²) in [7, 11) is 1.49. The van der Waals surface area contributed by atoms with Gasteiger partial charge in [-0.15, -0.1) is 0 Å². The molecule has 1 heterocycles. The average molecular weight is 511 g/mol. The second-order valence-electron chi connectivity index (χ2n) is 8.63. The molecule has 0 N–H and O–H groups in total. The van der Waals surface area contributed by atoms with E-state index >= 15 is 0 Å². The molecular weight excluding hydrogens is 490 g/mol. The van der Waals surface area contributed by atoms with Gasteiger partial charge in [-0.25, -0.2) is 0 Å². The minimum atomic E-state index is -0.587. The number of benzene rings is 3. The van der Waals surface area contributed by atoms with E-state index in [0.29, 0.717) is 40.1 Å². The number of carbonyl (C=O) groups is 1. The predicted molar refractivity (Wildman–Crippen MR) is 140 cm³/mol. The summed E-state index contributed by atoms with van der Waals surface area (Å²) in [5.74, 6) is 0.426. The standard InChI is InChI=1S/C27H21N5O6/c1-37-22-13-19-20(14-23(22)38-15-16-6-3-2-4-7-16)26(33)24-18-9-8-17(32(35)36)12-21(18)27(34)31(25(19)24)11-5-10-29-30-28/h2-4,6-9,12-14H,5,10-11,15H2,1H3. The van der Waals surface area contributed by atoms with Crippen molar-refractivity contribution in [2.24, 2.45) is 5.11 Å². The summed E-state index contributed by atoms with van der Waals surface area (Å²) in [6.07, 6.45) is 0.329. The van der Waals surface area contributed by atoms with Crippen molar-refractivity contribution in [1.29, 1.82) is 0 Å². The molecule has 5 rings (SSSR count). The number of carbonyl (C=O) groups excluding carboxylic acids is 1. The van der Waals surface area contributed by atoms with Gasteiger partial charge in [0.15, 0.2) is 17.3 Å². The minimum Gasteiger partial charge on any atom is -0.493 e. The minimum absolute atomic E-state index is 0.0652. The molecule has 4 aromatic rings. The van der Waals surface area contributed by atoms with Crippen LogP contribution in [0, 0.1) is 10.1 Å². The summed E-state index contributed by atoms with van der Waals surface area (Å²) in [5.41, 5.74) is 10.3. The molecule has 1 aliphatic carbocycles. The molecule has 11 heteroatoms. The number of nitro benzene ring substituents is 1. The first kappa shape index (κ1) is 24.5. The molecule has 190 valence electrons. The van der Waals surface area contributed by atoms with Crippen molar-refractivity contribution < 1.29 is 19.2 Å². The summed E-state index contributed by atoms with van der Waals surface area (Å²) in [4.78, 5) is 40.9. The highest BCUT2D eigenvalue weighted by Gasteiger charge is 2.34. The van der Waals surface area contributed by atoms with Gasteiger partial charge in [-0.1, -0.05) is 35.4 Å². The van der Waals surface area contributed by atoms with Crippen LogP contribution in [0.25, 0.3) is 32.5 Å². The topological polar surface area (TPSA) is 149 Å². The zero-order chi connectivity index (χ0) is 26.8. The summed E-state index contributed by atoms with van der Waals surface area (Å²) in [5, 5.41) is 15.3. The van der Waals surface area contributed by atoms with E-state index in [4.69, 9.17) is 15.0 Å². The highest BCUT2D eigenvalue weighted by molar-refractivity contribution is 6.27. The van der Waals surface area contributed by atoms with E-state index in [0.717, 1.165) is 5.56 Å². The van der Waals surface area contributed by atoms with Crippen molar-refractivity contribution in [2.75, 3.05) is 13.7 Å². The Labute approximate surface area is 215 Å². The summed E-state index contributed by atoms with van der Waals surface area (Å²) >= 11 is 0. The number of nitro groups is 1. The van der Waals surface area contributed by atoms with Crippen LogP contribution >= 0.6 is 0 Å². The van der Waals surface area contributed by atoms with Crippen molar-refractivity contribution in [3.63, 3.8) is 0 Å². The number of nitrogens with zero attached hydrogens (tertiary/aromatic N) is 5. The fraction of sp³-hybridized carbons (Fsp3) is 0.185. The van der Waals surface area contributed by atoms with Gasteiger partial charge in [-0.2, -0.15) is 0 Å². The SMILES string of the molecule is COc1cc2c(cc1OCc1ccccc1)C(=O)c1c-2n(CCCN=[N+]=[N-])c(=O)c2cc([N+](=O)[O-])ccc12. The van der Waals surface area contributed by atoms with E-state index < -0.39 is 10.5 Å². The molecule has 11 nitrogen and oxygen atoms in total. The number of ether oxygens (including phenoxy) is 2. The monoisotopic (exact) mass is 511 g/mol. The molecule has 0 atom stereocenters. The molecule has 1 aliphatic rings. The van der Waals surface area contributed by atoms with Gasteiger partial charge in [0.2, 0.25) is 0 Å². The highest BCUT2D eigenvalue weighted by atomic mass is 16.6. The van der Waals surface area contributed by atoms with Crippen LogP contribution in [0.15, 0.2) is 70.6 Å². The van der Waals surface area contributed by atoms with Crippen LogP contribution in [0.1, 0.15) is 27.9 Å². The van der Waals surface area contributed by atoms with Gasteiger partial charge in [-0.05, 0) is 35.7 Å². The van der Waals surface area contributed by atoms with Gasteiger partial charge in [0.05, 0.1) is 28.7 Å². The highest BCUT2D eigenvalue weighted by Crippen LogP contribution is 2.45. The average Bonchev–Trinajstić information content (AvgIpc) is 3.22. The van der Waals surface area contributed by atoms with Crippen LogP contribution in [0.2, 0.25) is 0 Å². The Bertz CT molecular complexity index is 1710. The van der Waals surface area contributed by atoms with Gasteiger partial charge in [-0.3, -0.25) is 19.7 Å². The third-order valence-electron chi connectivity index (χ3n) is 6.44. The maximum absolute atomic E-state index is 13.8. The van der Waals surface area contributed by atoms with E-state index in [9.17, 15) is 19.7 Å². The van der Waals surface area contributed by atoms with Crippen LogP contribution in [0.5, 0.6) is 11.5 Å². The summed E-state index contributed by atoms with van der Waals surface area (Å²) < 4.78 is 13.0. The largest absolute Gasteiger partial charge is 0.493 e. The Hall–Kier alpha value is -5.15. The number of aromatic nitrogens is 1. The zero-order valence-corrected chi connectivity index (χ0v) is 20.3. The molecule has 0 saturated carbocycles. The van der Waals surface area contributed by atoms with E-state index in [1.54, 1.807) is 12.1 Å². The quantitative estimate of drug-likeness (QED) is 0.0645. The number of non-ortho nitro benzene ring substituents is 1. The maximum Gasteiger partial charge on any atom is 0.270 e. The van der Waals surface area contributed by atoms with Gasteiger partial charge >= 0.3 is 0 Å². The first-order chi connectivity index (χ1) is 18.4. The molecule has 1 aromatic heterocycles. The van der Waals surface area contributed by atoms with Crippen molar-refractivity contribution in [1.82, 2.24) is 4.57 Å². The molecule has 0 spiro atoms. The van der Waals surface area contributed by atoms with Crippen LogP contribution in [0.3, 0.4) is 0 Å². The first-order valence-electron chi connectivity index (χ1n) is 11.7. The smallest absolute Gasteiger partial charge is 0.270 e. The predicted octanol–water partition coefficient (Wildman–Crippen LogP) is 5.41. The Morgan fingerprint density at radius 2 is 1.79 bits per heavy atom. The van der Waals surface area contributed by atoms with Crippen LogP contribution in [-0.4, -0.2) is 28.9 Å². The van der Waals surface area contributed by atoms with Gasteiger partial charge in [0.25, 0.3) is 11.2 Å². The number of methoxy groups -OCH3 is 1. The Morgan fingerprint density at radius 3 is 2.50 bits per heavy atom. The molecule has 3 aromatic carbocycles. The molecular formula is C27H21N5O6. The lowest BCUT2D eigenvalue weighted by Crippen LogP contribution is -2.24. The Morgan fingerprint density at radius 1 is 1.03 bits per heavy atom. The fourth-order valence-corrected chi connectivity index (χ4v) is 4.70. The number of hydrogen-bond acceptors (Lipinski definition) is 7. The van der Waals surface area contributed by atoms with E-state index in [1.807, 2.05) is 30.3 Å². The van der Waals surface area contributed by atoms with Gasteiger partial charge < -0.3 is 14.0 Å². The van der Waals surface area contributed by atoms with E-state index in [2.05, 4.69) is 10.0 Å². The number of hydrogen-bond donors (Lipinski definition) is 0. The molecule has 0 aliphatic heterocycles. The number of azide groups is 1. The molecule has 0 unspecified atom stereocenters. The van der Waals surface area contributed by atoms with Crippen LogP contribution in [-0.2, 0) is 13.2 Å². The van der Waals surface area contributed by atoms with E-state index in [1.165, 1.54) is 29.9 Å². The molecule has 0 bridgehead atoms.